The predicted octanol–water partition coefficient (Wildman–Crippen LogP) is 5.12. The number of hydrogen-bond acceptors (Lipinski definition) is 2. The molecule has 2 aromatic carbocycles. The fraction of sp³-hybridized carbons (Fsp3) is 0.0952. The number of halogens is 1. The molecule has 3 rings (SSSR count). The number of allylic oxidation sites excluding steroid dienone is 1. The van der Waals surface area contributed by atoms with Gasteiger partial charge in [-0.2, -0.15) is 0 Å². The third-order valence-corrected chi connectivity index (χ3v) is 4.22. The molecule has 1 heterocycles. The molecule has 0 saturated carbocycles. The Kier molecular flexibility index (Phi) is 5.36. The van der Waals surface area contributed by atoms with Crippen LogP contribution in [0, 0.1) is 0 Å². The summed E-state index contributed by atoms with van der Waals surface area (Å²) in [6.45, 7) is 0. The van der Waals surface area contributed by atoms with Gasteiger partial charge in [0.25, 0.3) is 0 Å². The summed E-state index contributed by atoms with van der Waals surface area (Å²) in [6, 6.07) is 17.1. The molecule has 3 nitrogen and oxygen atoms in total. The van der Waals surface area contributed by atoms with Crippen molar-refractivity contribution >= 4 is 23.5 Å². The predicted molar refractivity (Wildman–Crippen MR) is 102 cm³/mol. The number of carbonyl (C=O) groups is 1. The molecule has 0 aliphatic carbocycles. The van der Waals surface area contributed by atoms with Crippen LogP contribution in [0.1, 0.15) is 21.5 Å². The standard InChI is InChI=1S/C21H18ClNO2/c1-25-21-11-5-16(14-18(21)15-22)4-10-20(24)17-6-8-19(9-7-17)23-12-2-3-13-23/h2-14H,15H2,1H3/b10-4+. The van der Waals surface area contributed by atoms with Crippen molar-refractivity contribution in [2.45, 2.75) is 5.88 Å². The van der Waals surface area contributed by atoms with Crippen molar-refractivity contribution in [2.24, 2.45) is 0 Å². The van der Waals surface area contributed by atoms with E-state index >= 15 is 0 Å². The fourth-order valence-corrected chi connectivity index (χ4v) is 2.79. The Bertz CT molecular complexity index is 881. The van der Waals surface area contributed by atoms with Crippen molar-refractivity contribution in [3.05, 3.63) is 89.8 Å². The number of nitrogens with zero attached hydrogens (tertiary/aromatic N) is 1. The van der Waals surface area contributed by atoms with Gasteiger partial charge in [0, 0.05) is 29.2 Å². The number of aromatic nitrogens is 1. The third-order valence-electron chi connectivity index (χ3n) is 3.93. The number of carbonyl (C=O) groups excluding carboxylic acids is 1. The number of hydrogen-bond donors (Lipinski definition) is 0. The monoisotopic (exact) mass is 351 g/mol. The van der Waals surface area contributed by atoms with Crippen LogP contribution in [0.2, 0.25) is 0 Å². The molecular formula is C21H18ClNO2. The Hall–Kier alpha value is -2.78. The highest BCUT2D eigenvalue weighted by Gasteiger charge is 2.04. The molecule has 0 spiro atoms. The molecule has 1 aromatic heterocycles. The third kappa shape index (κ3) is 4.01. The topological polar surface area (TPSA) is 31.2 Å². The summed E-state index contributed by atoms with van der Waals surface area (Å²) in [4.78, 5) is 12.3. The molecule has 0 bridgehead atoms. The zero-order chi connectivity index (χ0) is 17.6. The Balaban J connectivity index is 1.74. The molecule has 0 aliphatic heterocycles. The summed E-state index contributed by atoms with van der Waals surface area (Å²) in [7, 11) is 1.61. The molecule has 4 heteroatoms. The van der Waals surface area contributed by atoms with Gasteiger partial charge in [-0.15, -0.1) is 11.6 Å². The highest BCUT2D eigenvalue weighted by atomic mass is 35.5. The first-order chi connectivity index (χ1) is 12.2. The average Bonchev–Trinajstić information content (AvgIpc) is 3.20. The van der Waals surface area contributed by atoms with Gasteiger partial charge in [0.05, 0.1) is 13.0 Å². The van der Waals surface area contributed by atoms with E-state index in [0.29, 0.717) is 11.4 Å². The van der Waals surface area contributed by atoms with Gasteiger partial charge in [0.1, 0.15) is 5.75 Å². The van der Waals surface area contributed by atoms with Crippen LogP contribution in [0.25, 0.3) is 11.8 Å². The summed E-state index contributed by atoms with van der Waals surface area (Å²) < 4.78 is 7.25. The molecule has 0 saturated heterocycles. The Morgan fingerprint density at radius 3 is 2.48 bits per heavy atom. The minimum absolute atomic E-state index is 0.0395. The van der Waals surface area contributed by atoms with E-state index in [1.165, 1.54) is 0 Å². The molecule has 0 atom stereocenters. The molecule has 0 amide bonds. The van der Waals surface area contributed by atoms with Crippen molar-refractivity contribution in [1.29, 1.82) is 0 Å². The molecule has 25 heavy (non-hydrogen) atoms. The van der Waals surface area contributed by atoms with Gasteiger partial charge in [0.2, 0.25) is 0 Å². The van der Waals surface area contributed by atoms with E-state index in [-0.39, 0.29) is 5.78 Å². The fourth-order valence-electron chi connectivity index (χ4n) is 2.58. The summed E-state index contributed by atoms with van der Waals surface area (Å²) in [5, 5.41) is 0. The molecule has 0 radical (unpaired) electrons. The maximum absolute atomic E-state index is 12.3. The van der Waals surface area contributed by atoms with E-state index in [1.807, 2.05) is 71.6 Å². The number of ether oxygens (including phenoxy) is 1. The lowest BCUT2D eigenvalue weighted by Crippen LogP contribution is -1.96. The lowest BCUT2D eigenvalue weighted by Gasteiger charge is -2.06. The van der Waals surface area contributed by atoms with E-state index < -0.39 is 0 Å². The van der Waals surface area contributed by atoms with Gasteiger partial charge in [0.15, 0.2) is 5.78 Å². The number of benzene rings is 2. The largest absolute Gasteiger partial charge is 0.496 e. The van der Waals surface area contributed by atoms with E-state index in [9.17, 15) is 4.79 Å². The van der Waals surface area contributed by atoms with Crippen molar-refractivity contribution in [2.75, 3.05) is 7.11 Å². The molecule has 126 valence electrons. The van der Waals surface area contributed by atoms with Crippen LogP contribution < -0.4 is 4.74 Å². The van der Waals surface area contributed by atoms with Crippen LogP contribution in [-0.4, -0.2) is 17.5 Å². The molecule has 3 aromatic rings. The first kappa shape index (κ1) is 17.1. The Morgan fingerprint density at radius 1 is 1.12 bits per heavy atom. The summed E-state index contributed by atoms with van der Waals surface area (Å²) in [5.74, 6) is 1.07. The second kappa shape index (κ2) is 7.86. The zero-order valence-corrected chi connectivity index (χ0v) is 14.6. The van der Waals surface area contributed by atoms with Gasteiger partial charge >= 0.3 is 0 Å². The molecule has 0 unspecified atom stereocenters. The summed E-state index contributed by atoms with van der Waals surface area (Å²) >= 11 is 5.93. The Labute approximate surface area is 152 Å². The molecule has 0 fully saturated rings. The highest BCUT2D eigenvalue weighted by Crippen LogP contribution is 2.22. The van der Waals surface area contributed by atoms with E-state index in [1.54, 1.807) is 19.3 Å². The van der Waals surface area contributed by atoms with E-state index in [2.05, 4.69) is 0 Å². The maximum Gasteiger partial charge on any atom is 0.185 e. The van der Waals surface area contributed by atoms with Crippen molar-refractivity contribution in [3.8, 4) is 11.4 Å². The minimum atomic E-state index is -0.0395. The smallest absolute Gasteiger partial charge is 0.185 e. The van der Waals surface area contributed by atoms with Gasteiger partial charge in [-0.3, -0.25) is 4.79 Å². The second-order valence-corrected chi connectivity index (χ2v) is 5.81. The highest BCUT2D eigenvalue weighted by molar-refractivity contribution is 6.17. The van der Waals surface area contributed by atoms with E-state index in [4.69, 9.17) is 16.3 Å². The molecular weight excluding hydrogens is 334 g/mol. The number of ketones is 1. The first-order valence-corrected chi connectivity index (χ1v) is 8.43. The van der Waals surface area contributed by atoms with Gasteiger partial charge in [-0.25, -0.2) is 0 Å². The van der Waals surface area contributed by atoms with Crippen LogP contribution in [0.4, 0.5) is 0 Å². The minimum Gasteiger partial charge on any atom is -0.496 e. The number of rotatable bonds is 6. The summed E-state index contributed by atoms with van der Waals surface area (Å²) in [5.41, 5.74) is 3.48. The van der Waals surface area contributed by atoms with Crippen LogP contribution in [0.15, 0.2) is 73.1 Å². The zero-order valence-electron chi connectivity index (χ0n) is 13.9. The van der Waals surface area contributed by atoms with Gasteiger partial charge in [-0.05, 0) is 60.2 Å². The Morgan fingerprint density at radius 2 is 1.84 bits per heavy atom. The first-order valence-electron chi connectivity index (χ1n) is 7.90. The quantitative estimate of drug-likeness (QED) is 0.350. The number of alkyl halides is 1. The lowest BCUT2D eigenvalue weighted by atomic mass is 10.1. The maximum atomic E-state index is 12.3. The van der Waals surface area contributed by atoms with Crippen LogP contribution in [0.3, 0.4) is 0 Å². The van der Waals surface area contributed by atoms with Crippen LogP contribution in [0.5, 0.6) is 5.75 Å². The van der Waals surface area contributed by atoms with Gasteiger partial charge < -0.3 is 9.30 Å². The SMILES string of the molecule is COc1ccc(/C=C/C(=O)c2ccc(-n3cccc3)cc2)cc1CCl. The van der Waals surface area contributed by atoms with Crippen molar-refractivity contribution in [1.82, 2.24) is 4.57 Å². The van der Waals surface area contributed by atoms with Crippen LogP contribution in [-0.2, 0) is 5.88 Å². The second-order valence-electron chi connectivity index (χ2n) is 5.54. The molecule has 0 aliphatic rings. The van der Waals surface area contributed by atoms with Crippen molar-refractivity contribution < 1.29 is 9.53 Å². The van der Waals surface area contributed by atoms with Crippen LogP contribution >= 0.6 is 11.6 Å². The lowest BCUT2D eigenvalue weighted by molar-refractivity contribution is 0.104. The van der Waals surface area contributed by atoms with Gasteiger partial charge in [-0.1, -0.05) is 12.1 Å². The molecule has 0 N–H and O–H groups in total. The van der Waals surface area contributed by atoms with Crippen molar-refractivity contribution in [3.63, 3.8) is 0 Å². The summed E-state index contributed by atoms with van der Waals surface area (Å²) in [6.07, 6.45) is 7.30. The number of methoxy groups -OCH3 is 1. The average molecular weight is 352 g/mol. The normalized spacial score (nSPS) is 11.0. The van der Waals surface area contributed by atoms with E-state index in [0.717, 1.165) is 22.6 Å².